The number of carbonyl (C=O) groups excluding carboxylic acids is 2. The molecule has 6 nitrogen and oxygen atoms in total. The van der Waals surface area contributed by atoms with E-state index in [1.807, 2.05) is 12.1 Å². The number of aromatic nitrogens is 1. The Balaban J connectivity index is 1.69. The second-order valence-corrected chi connectivity index (χ2v) is 5.61. The molecule has 1 fully saturated rings. The maximum Gasteiger partial charge on any atom is 0.275 e. The minimum absolute atomic E-state index is 0.143. The summed E-state index contributed by atoms with van der Waals surface area (Å²) in [6.45, 7) is 0.753. The van der Waals surface area contributed by atoms with Gasteiger partial charge in [0, 0.05) is 29.7 Å². The van der Waals surface area contributed by atoms with Crippen LogP contribution in [0, 0.1) is 0 Å². The Morgan fingerprint density at radius 2 is 2.10 bits per heavy atom. The summed E-state index contributed by atoms with van der Waals surface area (Å²) in [5.74, 6) is -0.155. The molecule has 0 spiro atoms. The van der Waals surface area contributed by atoms with Crippen molar-refractivity contribution in [2.75, 3.05) is 22.5 Å². The van der Waals surface area contributed by atoms with Gasteiger partial charge >= 0.3 is 0 Å². The quantitative estimate of drug-likeness (QED) is 0.908. The van der Waals surface area contributed by atoms with Crippen molar-refractivity contribution in [3.05, 3.63) is 35.3 Å². The smallest absolute Gasteiger partial charge is 0.275 e. The van der Waals surface area contributed by atoms with Gasteiger partial charge in [-0.1, -0.05) is 0 Å². The lowest BCUT2D eigenvalue weighted by molar-refractivity contribution is -0.117. The zero-order valence-corrected chi connectivity index (χ0v) is 12.0. The summed E-state index contributed by atoms with van der Waals surface area (Å²) in [5.41, 5.74) is 7.31. The van der Waals surface area contributed by atoms with Crippen LogP contribution >= 0.6 is 11.3 Å². The fourth-order valence-electron chi connectivity index (χ4n) is 2.23. The van der Waals surface area contributed by atoms with E-state index in [0.717, 1.165) is 18.7 Å². The Morgan fingerprint density at radius 3 is 2.67 bits per heavy atom. The summed E-state index contributed by atoms with van der Waals surface area (Å²) >= 11 is 1.22. The maximum absolute atomic E-state index is 11.9. The number of nitrogen functional groups attached to an aromatic ring is 1. The van der Waals surface area contributed by atoms with Gasteiger partial charge in [0.1, 0.15) is 5.69 Å². The lowest BCUT2D eigenvalue weighted by Crippen LogP contribution is -2.23. The van der Waals surface area contributed by atoms with Gasteiger partial charge in [0.15, 0.2) is 5.13 Å². The fraction of sp³-hybridized carbons (Fsp3) is 0.214. The van der Waals surface area contributed by atoms with E-state index in [0.29, 0.717) is 22.9 Å². The first kappa shape index (κ1) is 13.6. The molecule has 1 saturated heterocycles. The number of hydrogen-bond donors (Lipinski definition) is 2. The molecule has 0 bridgehead atoms. The zero-order chi connectivity index (χ0) is 14.8. The van der Waals surface area contributed by atoms with E-state index in [-0.39, 0.29) is 11.8 Å². The van der Waals surface area contributed by atoms with E-state index in [1.54, 1.807) is 22.4 Å². The van der Waals surface area contributed by atoms with Crippen molar-refractivity contribution in [1.29, 1.82) is 0 Å². The normalized spacial score (nSPS) is 14.5. The highest BCUT2D eigenvalue weighted by molar-refractivity contribution is 7.13. The molecule has 108 valence electrons. The Hall–Kier alpha value is -2.41. The molecule has 0 atom stereocenters. The highest BCUT2D eigenvalue weighted by atomic mass is 32.1. The predicted molar refractivity (Wildman–Crippen MR) is 82.5 cm³/mol. The molecule has 1 aromatic carbocycles. The molecule has 1 aliphatic rings. The number of thiazole rings is 1. The molecular formula is C14H14N4O2S. The molecule has 2 amide bonds. The number of amides is 2. The van der Waals surface area contributed by atoms with Gasteiger partial charge in [-0.3, -0.25) is 9.59 Å². The minimum Gasteiger partial charge on any atom is -0.375 e. The van der Waals surface area contributed by atoms with Gasteiger partial charge in [0.25, 0.3) is 5.91 Å². The Bertz CT molecular complexity index is 681. The number of carbonyl (C=O) groups is 2. The molecule has 0 aliphatic carbocycles. The third-order valence-corrected chi connectivity index (χ3v) is 3.94. The summed E-state index contributed by atoms with van der Waals surface area (Å²) in [5, 5.41) is 4.72. The lowest BCUT2D eigenvalue weighted by atomic mass is 10.2. The number of rotatable bonds is 3. The molecule has 0 saturated carbocycles. The number of benzene rings is 1. The molecule has 3 N–H and O–H groups in total. The summed E-state index contributed by atoms with van der Waals surface area (Å²) in [6, 6.07) is 7.20. The Kier molecular flexibility index (Phi) is 3.57. The van der Waals surface area contributed by atoms with Crippen LogP contribution in [0.15, 0.2) is 29.6 Å². The van der Waals surface area contributed by atoms with Crippen molar-refractivity contribution in [1.82, 2.24) is 4.98 Å². The Morgan fingerprint density at radius 1 is 1.33 bits per heavy atom. The van der Waals surface area contributed by atoms with E-state index in [2.05, 4.69) is 10.3 Å². The maximum atomic E-state index is 11.9. The van der Waals surface area contributed by atoms with E-state index in [1.165, 1.54) is 11.3 Å². The molecule has 0 radical (unpaired) electrons. The van der Waals surface area contributed by atoms with Gasteiger partial charge in [0.2, 0.25) is 5.91 Å². The third kappa shape index (κ3) is 2.87. The van der Waals surface area contributed by atoms with E-state index in [4.69, 9.17) is 5.73 Å². The Labute approximate surface area is 125 Å². The van der Waals surface area contributed by atoms with Crippen LogP contribution in [0.3, 0.4) is 0 Å². The van der Waals surface area contributed by atoms with Crippen molar-refractivity contribution < 1.29 is 9.59 Å². The number of anilines is 3. The van der Waals surface area contributed by atoms with Crippen LogP contribution in [0.25, 0.3) is 0 Å². The van der Waals surface area contributed by atoms with Crippen LogP contribution in [0.1, 0.15) is 23.3 Å². The summed E-state index contributed by atoms with van der Waals surface area (Å²) < 4.78 is 0. The molecule has 2 heterocycles. The average molecular weight is 302 g/mol. The highest BCUT2D eigenvalue weighted by Gasteiger charge is 2.21. The van der Waals surface area contributed by atoms with Crippen LogP contribution in [-0.2, 0) is 4.79 Å². The summed E-state index contributed by atoms with van der Waals surface area (Å²) in [6.07, 6.45) is 1.49. The molecule has 0 unspecified atom stereocenters. The van der Waals surface area contributed by atoms with Crippen LogP contribution < -0.4 is 16.0 Å². The topological polar surface area (TPSA) is 88.3 Å². The van der Waals surface area contributed by atoms with Gasteiger partial charge in [-0.05, 0) is 30.7 Å². The van der Waals surface area contributed by atoms with Crippen molar-refractivity contribution in [3.63, 3.8) is 0 Å². The monoisotopic (exact) mass is 302 g/mol. The highest BCUT2D eigenvalue weighted by Crippen LogP contribution is 2.23. The van der Waals surface area contributed by atoms with Gasteiger partial charge in [0.05, 0.1) is 0 Å². The number of hydrogen-bond acceptors (Lipinski definition) is 5. The van der Waals surface area contributed by atoms with Gasteiger partial charge < -0.3 is 16.0 Å². The molecule has 1 aromatic heterocycles. The zero-order valence-electron chi connectivity index (χ0n) is 11.2. The van der Waals surface area contributed by atoms with Gasteiger partial charge in [-0.15, -0.1) is 11.3 Å². The first-order chi connectivity index (χ1) is 10.1. The number of nitrogens with zero attached hydrogens (tertiary/aromatic N) is 2. The fourth-order valence-corrected chi connectivity index (χ4v) is 2.78. The van der Waals surface area contributed by atoms with Gasteiger partial charge in [-0.2, -0.15) is 0 Å². The second kappa shape index (κ2) is 5.53. The van der Waals surface area contributed by atoms with Crippen molar-refractivity contribution in [3.8, 4) is 0 Å². The third-order valence-electron chi connectivity index (χ3n) is 3.26. The minimum atomic E-state index is -0.298. The van der Waals surface area contributed by atoms with Crippen molar-refractivity contribution in [2.45, 2.75) is 12.8 Å². The molecule has 2 aromatic rings. The van der Waals surface area contributed by atoms with Crippen molar-refractivity contribution in [2.24, 2.45) is 0 Å². The molecule has 7 heteroatoms. The van der Waals surface area contributed by atoms with E-state index >= 15 is 0 Å². The SMILES string of the molecule is Nc1nc(C(=O)Nc2ccc(N3CCCC3=O)cc2)cs1. The first-order valence-electron chi connectivity index (χ1n) is 6.56. The second-order valence-electron chi connectivity index (χ2n) is 4.72. The number of nitrogens with two attached hydrogens (primary N) is 1. The van der Waals surface area contributed by atoms with Crippen LogP contribution in [0.2, 0.25) is 0 Å². The molecular weight excluding hydrogens is 288 g/mol. The largest absolute Gasteiger partial charge is 0.375 e. The molecule has 21 heavy (non-hydrogen) atoms. The van der Waals surface area contributed by atoms with Crippen molar-refractivity contribution >= 4 is 39.7 Å². The van der Waals surface area contributed by atoms with Gasteiger partial charge in [-0.25, -0.2) is 4.98 Å². The standard InChI is InChI=1S/C14H14N4O2S/c15-14-17-11(8-21-14)13(20)16-9-3-5-10(6-4-9)18-7-1-2-12(18)19/h3-6,8H,1-2,7H2,(H2,15,17)(H,16,20). The van der Waals surface area contributed by atoms with E-state index < -0.39 is 0 Å². The summed E-state index contributed by atoms with van der Waals surface area (Å²) in [4.78, 5) is 29.3. The van der Waals surface area contributed by atoms with Crippen LogP contribution in [0.5, 0.6) is 0 Å². The number of nitrogens with one attached hydrogen (secondary N) is 1. The lowest BCUT2D eigenvalue weighted by Gasteiger charge is -2.16. The van der Waals surface area contributed by atoms with E-state index in [9.17, 15) is 9.59 Å². The molecule has 3 rings (SSSR count). The van der Waals surface area contributed by atoms with Crippen LogP contribution in [-0.4, -0.2) is 23.3 Å². The van der Waals surface area contributed by atoms with Crippen LogP contribution in [0.4, 0.5) is 16.5 Å². The predicted octanol–water partition coefficient (Wildman–Crippen LogP) is 2.10. The summed E-state index contributed by atoms with van der Waals surface area (Å²) in [7, 11) is 0. The molecule has 1 aliphatic heterocycles. The first-order valence-corrected chi connectivity index (χ1v) is 7.44. The average Bonchev–Trinajstić information content (AvgIpc) is 3.08.